The maximum absolute atomic E-state index is 13.6. The molecular formula is C22H29ClFN3O2. The van der Waals surface area contributed by atoms with Gasteiger partial charge in [0.1, 0.15) is 11.6 Å². The molecule has 1 fully saturated rings. The van der Waals surface area contributed by atoms with E-state index in [2.05, 4.69) is 15.5 Å². The highest BCUT2D eigenvalue weighted by molar-refractivity contribution is 5.85. The molecule has 0 saturated carbocycles. The zero-order valence-corrected chi connectivity index (χ0v) is 17.7. The number of nitrogens with one attached hydrogen (secondary N) is 2. The molecule has 3 rings (SSSR count). The normalized spacial score (nSPS) is 16.9. The third-order valence-electron chi connectivity index (χ3n) is 4.69. The second-order valence-electron chi connectivity index (χ2n) is 7.34. The molecule has 1 unspecified atom stereocenters. The van der Waals surface area contributed by atoms with Crippen LogP contribution in [-0.2, 0) is 11.3 Å². The van der Waals surface area contributed by atoms with Crippen molar-refractivity contribution in [1.29, 1.82) is 0 Å². The average Bonchev–Trinajstić information content (AvgIpc) is 2.67. The third kappa shape index (κ3) is 6.99. The first-order chi connectivity index (χ1) is 13.5. The summed E-state index contributed by atoms with van der Waals surface area (Å²) in [5, 5.41) is 6.31. The number of hydrogen-bond donors (Lipinski definition) is 2. The van der Waals surface area contributed by atoms with Gasteiger partial charge in [0, 0.05) is 32.2 Å². The largest absolute Gasteiger partial charge is 0.491 e. The molecule has 158 valence electrons. The number of carbonyl (C=O) groups is 1. The number of piperazine rings is 1. The van der Waals surface area contributed by atoms with Crippen LogP contribution in [0.25, 0.3) is 0 Å². The minimum absolute atomic E-state index is 0. The molecule has 0 radical (unpaired) electrons. The lowest BCUT2D eigenvalue weighted by Crippen LogP contribution is -2.49. The molecule has 5 nitrogen and oxygen atoms in total. The summed E-state index contributed by atoms with van der Waals surface area (Å²) < 4.78 is 19.3. The molecule has 2 aromatic carbocycles. The smallest absolute Gasteiger partial charge is 0.234 e. The Morgan fingerprint density at radius 1 is 1.28 bits per heavy atom. The minimum Gasteiger partial charge on any atom is -0.491 e. The summed E-state index contributed by atoms with van der Waals surface area (Å²) in [5.41, 5.74) is 1.88. The van der Waals surface area contributed by atoms with Crippen LogP contribution in [0, 0.1) is 5.82 Å². The molecule has 0 aromatic heterocycles. The second-order valence-corrected chi connectivity index (χ2v) is 7.34. The number of hydrogen-bond acceptors (Lipinski definition) is 4. The van der Waals surface area contributed by atoms with E-state index in [0.717, 1.165) is 30.0 Å². The summed E-state index contributed by atoms with van der Waals surface area (Å²) in [7, 11) is 0. The number of amides is 1. The molecule has 1 amide bonds. The molecule has 2 aromatic rings. The molecule has 0 bridgehead atoms. The topological polar surface area (TPSA) is 53.6 Å². The fraction of sp³-hybridized carbons (Fsp3) is 0.409. The van der Waals surface area contributed by atoms with E-state index in [0.29, 0.717) is 13.1 Å². The van der Waals surface area contributed by atoms with E-state index in [1.807, 2.05) is 44.2 Å². The van der Waals surface area contributed by atoms with Gasteiger partial charge >= 0.3 is 0 Å². The van der Waals surface area contributed by atoms with E-state index in [-0.39, 0.29) is 42.8 Å². The Morgan fingerprint density at radius 2 is 2.07 bits per heavy atom. The number of nitrogens with zero attached hydrogens (tertiary/aromatic N) is 1. The van der Waals surface area contributed by atoms with Crippen molar-refractivity contribution < 1.29 is 13.9 Å². The van der Waals surface area contributed by atoms with Gasteiger partial charge in [-0.1, -0.05) is 24.3 Å². The van der Waals surface area contributed by atoms with E-state index in [1.54, 1.807) is 12.1 Å². The molecule has 1 atom stereocenters. The van der Waals surface area contributed by atoms with Gasteiger partial charge < -0.3 is 15.4 Å². The Labute approximate surface area is 178 Å². The fourth-order valence-electron chi connectivity index (χ4n) is 3.42. The van der Waals surface area contributed by atoms with Gasteiger partial charge in [-0.15, -0.1) is 12.4 Å². The van der Waals surface area contributed by atoms with Crippen molar-refractivity contribution >= 4 is 18.3 Å². The molecule has 0 spiro atoms. The van der Waals surface area contributed by atoms with E-state index >= 15 is 0 Å². The van der Waals surface area contributed by atoms with Crippen LogP contribution in [0.3, 0.4) is 0 Å². The maximum Gasteiger partial charge on any atom is 0.234 e. The summed E-state index contributed by atoms with van der Waals surface area (Å²) in [6, 6.07) is 14.3. The van der Waals surface area contributed by atoms with E-state index < -0.39 is 0 Å². The fourth-order valence-corrected chi connectivity index (χ4v) is 3.42. The lowest BCUT2D eigenvalue weighted by Gasteiger charge is -2.36. The summed E-state index contributed by atoms with van der Waals surface area (Å²) >= 11 is 0. The van der Waals surface area contributed by atoms with Crippen molar-refractivity contribution in [2.45, 2.75) is 32.5 Å². The van der Waals surface area contributed by atoms with Gasteiger partial charge in [-0.2, -0.15) is 0 Å². The summed E-state index contributed by atoms with van der Waals surface area (Å²) in [6.07, 6.45) is 0.109. The standard InChI is InChI=1S/C22H28FN3O2.ClH/c1-16(2)28-20-8-3-5-17(11-20)13-25-22(27)15-26-10-9-24-14-21(26)18-6-4-7-19(23)12-18;/h3-8,11-12,16,21,24H,9-10,13-15H2,1-2H3,(H,25,27);1H. The number of benzene rings is 2. The third-order valence-corrected chi connectivity index (χ3v) is 4.69. The first-order valence-corrected chi connectivity index (χ1v) is 9.74. The summed E-state index contributed by atoms with van der Waals surface area (Å²) in [4.78, 5) is 14.6. The first kappa shape index (κ1) is 23.1. The van der Waals surface area contributed by atoms with Gasteiger partial charge in [0.2, 0.25) is 5.91 Å². The van der Waals surface area contributed by atoms with Gasteiger partial charge in [-0.05, 0) is 49.2 Å². The number of halogens is 2. The Morgan fingerprint density at radius 3 is 2.83 bits per heavy atom. The van der Waals surface area contributed by atoms with Crippen LogP contribution in [0.2, 0.25) is 0 Å². The highest BCUT2D eigenvalue weighted by Gasteiger charge is 2.25. The van der Waals surface area contributed by atoms with Crippen LogP contribution < -0.4 is 15.4 Å². The average molecular weight is 422 g/mol. The first-order valence-electron chi connectivity index (χ1n) is 9.74. The molecule has 7 heteroatoms. The van der Waals surface area contributed by atoms with E-state index in [4.69, 9.17) is 4.74 Å². The quantitative estimate of drug-likeness (QED) is 0.720. The lowest BCUT2D eigenvalue weighted by atomic mass is 10.0. The number of carbonyl (C=O) groups excluding carboxylic acids is 1. The summed E-state index contributed by atoms with van der Waals surface area (Å²) in [5.74, 6) is 0.504. The van der Waals surface area contributed by atoms with Crippen molar-refractivity contribution in [1.82, 2.24) is 15.5 Å². The summed E-state index contributed by atoms with van der Waals surface area (Å²) in [6.45, 7) is 6.95. The van der Waals surface area contributed by atoms with Gasteiger partial charge in [0.15, 0.2) is 0 Å². The second kappa shape index (κ2) is 11.1. The van der Waals surface area contributed by atoms with Crippen molar-refractivity contribution in [3.05, 3.63) is 65.5 Å². The molecule has 0 aliphatic carbocycles. The molecular weight excluding hydrogens is 393 g/mol. The Kier molecular flexibility index (Phi) is 8.89. The lowest BCUT2D eigenvalue weighted by molar-refractivity contribution is -0.123. The highest BCUT2D eigenvalue weighted by Crippen LogP contribution is 2.22. The van der Waals surface area contributed by atoms with Crippen LogP contribution in [0.4, 0.5) is 4.39 Å². The Hall–Kier alpha value is -2.15. The highest BCUT2D eigenvalue weighted by atomic mass is 35.5. The van der Waals surface area contributed by atoms with Gasteiger partial charge in [-0.3, -0.25) is 9.69 Å². The van der Waals surface area contributed by atoms with E-state index in [1.165, 1.54) is 6.07 Å². The van der Waals surface area contributed by atoms with Gasteiger partial charge in [0.05, 0.1) is 12.6 Å². The molecule has 2 N–H and O–H groups in total. The van der Waals surface area contributed by atoms with Crippen molar-refractivity contribution in [3.8, 4) is 5.75 Å². The zero-order valence-electron chi connectivity index (χ0n) is 16.9. The van der Waals surface area contributed by atoms with E-state index in [9.17, 15) is 9.18 Å². The SMILES string of the molecule is CC(C)Oc1cccc(CNC(=O)CN2CCNCC2c2cccc(F)c2)c1.Cl. The molecule has 29 heavy (non-hydrogen) atoms. The van der Waals surface area contributed by atoms with Crippen LogP contribution in [0.5, 0.6) is 5.75 Å². The zero-order chi connectivity index (χ0) is 19.9. The van der Waals surface area contributed by atoms with Crippen molar-refractivity contribution in [2.24, 2.45) is 0 Å². The Bertz CT molecular complexity index is 803. The predicted octanol–water partition coefficient (Wildman–Crippen LogP) is 3.30. The van der Waals surface area contributed by atoms with Crippen LogP contribution >= 0.6 is 12.4 Å². The van der Waals surface area contributed by atoms with Gasteiger partial charge in [0.25, 0.3) is 0 Å². The molecule has 1 aliphatic rings. The number of rotatable bonds is 7. The molecule has 1 saturated heterocycles. The molecule has 1 heterocycles. The monoisotopic (exact) mass is 421 g/mol. The predicted molar refractivity (Wildman–Crippen MR) is 115 cm³/mol. The van der Waals surface area contributed by atoms with Crippen LogP contribution in [-0.4, -0.2) is 43.1 Å². The Balaban J connectivity index is 0.00000300. The van der Waals surface area contributed by atoms with Crippen molar-refractivity contribution in [2.75, 3.05) is 26.2 Å². The van der Waals surface area contributed by atoms with Crippen LogP contribution in [0.15, 0.2) is 48.5 Å². The maximum atomic E-state index is 13.6. The number of ether oxygens (including phenoxy) is 1. The van der Waals surface area contributed by atoms with Crippen LogP contribution in [0.1, 0.15) is 31.0 Å². The minimum atomic E-state index is -0.254. The van der Waals surface area contributed by atoms with Gasteiger partial charge in [-0.25, -0.2) is 4.39 Å². The van der Waals surface area contributed by atoms with Crippen molar-refractivity contribution in [3.63, 3.8) is 0 Å². The molecule has 1 aliphatic heterocycles.